The van der Waals surface area contributed by atoms with Gasteiger partial charge in [-0.15, -0.1) is 0 Å². The van der Waals surface area contributed by atoms with Crippen LogP contribution in [0.5, 0.6) is 0 Å². The van der Waals surface area contributed by atoms with E-state index in [9.17, 15) is 9.59 Å². The Kier molecular flexibility index (Phi) is 2.21. The van der Waals surface area contributed by atoms with E-state index < -0.39 is 11.9 Å². The first-order valence-corrected chi connectivity index (χ1v) is 5.17. The molecule has 0 saturated heterocycles. The van der Waals surface area contributed by atoms with E-state index in [1.807, 2.05) is 0 Å². The summed E-state index contributed by atoms with van der Waals surface area (Å²) in [7, 11) is 0. The molecular formula is C10H16N2O2. The minimum atomic E-state index is -0.542. The monoisotopic (exact) mass is 196 g/mol. The van der Waals surface area contributed by atoms with E-state index in [1.165, 1.54) is 6.42 Å². The van der Waals surface area contributed by atoms with Crippen molar-refractivity contribution in [3.63, 3.8) is 0 Å². The van der Waals surface area contributed by atoms with Gasteiger partial charge in [-0.3, -0.25) is 9.59 Å². The second-order valence-corrected chi connectivity index (χ2v) is 4.56. The van der Waals surface area contributed by atoms with Gasteiger partial charge in [-0.2, -0.15) is 0 Å². The highest BCUT2D eigenvalue weighted by Crippen LogP contribution is 2.54. The summed E-state index contributed by atoms with van der Waals surface area (Å²) < 4.78 is 0. The number of amides is 2. The van der Waals surface area contributed by atoms with Crippen LogP contribution < -0.4 is 11.1 Å². The lowest BCUT2D eigenvalue weighted by Gasteiger charge is -2.15. The molecule has 4 nitrogen and oxygen atoms in total. The lowest BCUT2D eigenvalue weighted by molar-refractivity contribution is -0.129. The Labute approximate surface area is 83.2 Å². The van der Waals surface area contributed by atoms with E-state index >= 15 is 0 Å². The Hall–Kier alpha value is -1.06. The number of primary amides is 1. The van der Waals surface area contributed by atoms with E-state index in [1.54, 1.807) is 6.92 Å². The molecule has 0 spiro atoms. The maximum absolute atomic E-state index is 11.6. The van der Waals surface area contributed by atoms with Crippen molar-refractivity contribution in [1.29, 1.82) is 0 Å². The summed E-state index contributed by atoms with van der Waals surface area (Å²) in [5.74, 6) is 1.23. The minimum Gasteiger partial charge on any atom is -0.368 e. The average molecular weight is 196 g/mol. The van der Waals surface area contributed by atoms with Crippen molar-refractivity contribution in [3.05, 3.63) is 0 Å². The Balaban J connectivity index is 1.81. The van der Waals surface area contributed by atoms with Crippen LogP contribution in [0.3, 0.4) is 0 Å². The van der Waals surface area contributed by atoms with Crippen LogP contribution in [0.15, 0.2) is 0 Å². The summed E-state index contributed by atoms with van der Waals surface area (Å²) in [5.41, 5.74) is 5.07. The molecule has 3 atom stereocenters. The molecule has 2 unspecified atom stereocenters. The zero-order valence-electron chi connectivity index (χ0n) is 8.32. The Bertz CT molecular complexity index is 267. The molecule has 2 amide bonds. The molecule has 2 rings (SSSR count). The highest BCUT2D eigenvalue weighted by Gasteiger charge is 2.48. The van der Waals surface area contributed by atoms with Crippen LogP contribution in [0.4, 0.5) is 0 Å². The first kappa shape index (κ1) is 9.49. The standard InChI is InChI=1S/C10H16N2O2/c1-5(9(11)13)12-10(14)8-3-6-2-7(6)4-8/h5-8H,2-4H2,1H3,(H2,11,13)(H,12,14)/t5-,6?,7?,8?/m1/s1. The van der Waals surface area contributed by atoms with Gasteiger partial charge in [0, 0.05) is 5.92 Å². The average Bonchev–Trinajstić information content (AvgIpc) is 2.73. The third-order valence-corrected chi connectivity index (χ3v) is 3.40. The second kappa shape index (κ2) is 3.26. The molecule has 3 N–H and O–H groups in total. The lowest BCUT2D eigenvalue weighted by Crippen LogP contribution is -2.44. The van der Waals surface area contributed by atoms with Crippen LogP contribution in [0.2, 0.25) is 0 Å². The lowest BCUT2D eigenvalue weighted by atomic mass is 10.0. The topological polar surface area (TPSA) is 72.2 Å². The fourth-order valence-corrected chi connectivity index (χ4v) is 2.33. The Morgan fingerprint density at radius 3 is 2.36 bits per heavy atom. The fourth-order valence-electron chi connectivity index (χ4n) is 2.33. The smallest absolute Gasteiger partial charge is 0.239 e. The van der Waals surface area contributed by atoms with Crippen molar-refractivity contribution >= 4 is 11.8 Å². The fraction of sp³-hybridized carbons (Fsp3) is 0.800. The van der Waals surface area contributed by atoms with Gasteiger partial charge in [0.15, 0.2) is 0 Å². The highest BCUT2D eigenvalue weighted by molar-refractivity contribution is 5.87. The molecule has 0 heterocycles. The summed E-state index contributed by atoms with van der Waals surface area (Å²) in [6.07, 6.45) is 3.30. The first-order chi connectivity index (χ1) is 6.58. The largest absolute Gasteiger partial charge is 0.368 e. The second-order valence-electron chi connectivity index (χ2n) is 4.56. The van der Waals surface area contributed by atoms with Gasteiger partial charge in [-0.05, 0) is 38.0 Å². The summed E-state index contributed by atoms with van der Waals surface area (Å²) >= 11 is 0. The van der Waals surface area contributed by atoms with Crippen molar-refractivity contribution in [2.24, 2.45) is 23.5 Å². The number of nitrogens with two attached hydrogens (primary N) is 1. The molecule has 2 fully saturated rings. The Morgan fingerprint density at radius 2 is 1.86 bits per heavy atom. The molecule has 2 aliphatic rings. The van der Waals surface area contributed by atoms with E-state index in [2.05, 4.69) is 5.32 Å². The summed E-state index contributed by atoms with van der Waals surface area (Å²) in [6.45, 7) is 1.62. The zero-order chi connectivity index (χ0) is 10.3. The zero-order valence-corrected chi connectivity index (χ0v) is 8.32. The van der Waals surface area contributed by atoms with Crippen molar-refractivity contribution < 1.29 is 9.59 Å². The highest BCUT2D eigenvalue weighted by atomic mass is 16.2. The molecule has 0 aromatic heterocycles. The number of fused-ring (bicyclic) bond motifs is 1. The maximum atomic E-state index is 11.6. The van der Waals surface area contributed by atoms with E-state index in [4.69, 9.17) is 5.73 Å². The van der Waals surface area contributed by atoms with E-state index in [0.717, 1.165) is 24.7 Å². The van der Waals surface area contributed by atoms with Crippen molar-refractivity contribution in [1.82, 2.24) is 5.32 Å². The van der Waals surface area contributed by atoms with E-state index in [-0.39, 0.29) is 11.8 Å². The summed E-state index contributed by atoms with van der Waals surface area (Å²) in [5, 5.41) is 2.65. The van der Waals surface area contributed by atoms with Gasteiger partial charge in [-0.1, -0.05) is 0 Å². The van der Waals surface area contributed by atoms with Crippen molar-refractivity contribution in [2.45, 2.75) is 32.2 Å². The normalized spacial score (nSPS) is 35.9. The van der Waals surface area contributed by atoms with Crippen LogP contribution in [0, 0.1) is 17.8 Å². The molecular weight excluding hydrogens is 180 g/mol. The van der Waals surface area contributed by atoms with Gasteiger partial charge < -0.3 is 11.1 Å². The maximum Gasteiger partial charge on any atom is 0.239 e. The molecule has 0 aromatic carbocycles. The Morgan fingerprint density at radius 1 is 1.29 bits per heavy atom. The molecule has 14 heavy (non-hydrogen) atoms. The molecule has 0 aliphatic heterocycles. The van der Waals surface area contributed by atoms with Crippen molar-refractivity contribution in [2.75, 3.05) is 0 Å². The third-order valence-electron chi connectivity index (χ3n) is 3.40. The molecule has 0 radical (unpaired) electrons. The van der Waals surface area contributed by atoms with E-state index in [0.29, 0.717) is 0 Å². The number of hydrogen-bond donors (Lipinski definition) is 2. The quantitative estimate of drug-likeness (QED) is 0.668. The summed E-state index contributed by atoms with van der Waals surface area (Å²) in [4.78, 5) is 22.3. The minimum absolute atomic E-state index is 0.00324. The SMILES string of the molecule is C[C@@H](NC(=O)C1CC2CC2C1)C(N)=O. The van der Waals surface area contributed by atoms with Gasteiger partial charge in [0.1, 0.15) is 6.04 Å². The van der Waals surface area contributed by atoms with Gasteiger partial charge in [-0.25, -0.2) is 0 Å². The van der Waals surface area contributed by atoms with Gasteiger partial charge in [0.2, 0.25) is 11.8 Å². The number of hydrogen-bond acceptors (Lipinski definition) is 2. The molecule has 78 valence electrons. The third kappa shape index (κ3) is 1.74. The first-order valence-electron chi connectivity index (χ1n) is 5.17. The van der Waals surface area contributed by atoms with Gasteiger partial charge in [0.25, 0.3) is 0 Å². The molecule has 4 heteroatoms. The predicted molar refractivity (Wildman–Crippen MR) is 51.1 cm³/mol. The molecule has 0 aromatic rings. The molecule has 0 bridgehead atoms. The van der Waals surface area contributed by atoms with Crippen molar-refractivity contribution in [3.8, 4) is 0 Å². The molecule has 2 aliphatic carbocycles. The van der Waals surface area contributed by atoms with Crippen LogP contribution in [0.1, 0.15) is 26.2 Å². The van der Waals surface area contributed by atoms with Crippen LogP contribution in [-0.4, -0.2) is 17.9 Å². The van der Waals surface area contributed by atoms with Crippen LogP contribution in [-0.2, 0) is 9.59 Å². The number of rotatable bonds is 3. The van der Waals surface area contributed by atoms with Gasteiger partial charge >= 0.3 is 0 Å². The number of carbonyl (C=O) groups excluding carboxylic acids is 2. The number of carbonyl (C=O) groups is 2. The summed E-state index contributed by atoms with van der Waals surface area (Å²) in [6, 6.07) is -0.542. The van der Waals surface area contributed by atoms with Crippen LogP contribution in [0.25, 0.3) is 0 Å². The van der Waals surface area contributed by atoms with Crippen LogP contribution >= 0.6 is 0 Å². The predicted octanol–water partition coefficient (Wildman–Crippen LogP) is 0.0225. The van der Waals surface area contributed by atoms with Gasteiger partial charge in [0.05, 0.1) is 0 Å². The molecule has 2 saturated carbocycles. The number of nitrogens with one attached hydrogen (secondary N) is 1.